The van der Waals surface area contributed by atoms with Gasteiger partial charge in [0.05, 0.1) is 36.1 Å². The number of benzene rings is 1. The molecule has 0 aliphatic carbocycles. The first-order chi connectivity index (χ1) is 14.4. The Labute approximate surface area is 176 Å². The number of nitrogens with one attached hydrogen (secondary N) is 1. The summed E-state index contributed by atoms with van der Waals surface area (Å²) in [7, 11) is 3.43. The summed E-state index contributed by atoms with van der Waals surface area (Å²) in [5.74, 6) is -0.518. The number of carbonyl (C=O) groups is 1. The fourth-order valence-electron chi connectivity index (χ4n) is 2.54. The molecule has 30 heavy (non-hydrogen) atoms. The summed E-state index contributed by atoms with van der Waals surface area (Å²) < 4.78 is 5.07. The van der Waals surface area contributed by atoms with Crippen LogP contribution in [0.5, 0.6) is 0 Å². The van der Waals surface area contributed by atoms with Gasteiger partial charge in [-0.3, -0.25) is 9.79 Å². The number of ether oxygens (including phenoxy) is 1. The van der Waals surface area contributed by atoms with E-state index in [4.69, 9.17) is 16.2 Å². The zero-order valence-corrected chi connectivity index (χ0v) is 17.3. The van der Waals surface area contributed by atoms with Crippen LogP contribution in [0.3, 0.4) is 0 Å². The Bertz CT molecular complexity index is 939. The van der Waals surface area contributed by atoms with E-state index in [1.807, 2.05) is 36.2 Å². The average Bonchev–Trinajstić information content (AvgIpc) is 2.76. The summed E-state index contributed by atoms with van der Waals surface area (Å²) >= 11 is 0. The van der Waals surface area contributed by atoms with Crippen molar-refractivity contribution in [3.05, 3.63) is 65.9 Å². The van der Waals surface area contributed by atoms with Gasteiger partial charge in [-0.1, -0.05) is 30.8 Å². The first-order valence-corrected chi connectivity index (χ1v) is 9.19. The Hall–Kier alpha value is -3.56. The van der Waals surface area contributed by atoms with Gasteiger partial charge in [0.1, 0.15) is 0 Å². The average molecular weight is 409 g/mol. The maximum Gasteiger partial charge on any atom is 0.278 e. The molecule has 0 spiro atoms. The molecule has 9 heteroatoms. The predicted molar refractivity (Wildman–Crippen MR) is 119 cm³/mol. The van der Waals surface area contributed by atoms with E-state index in [1.54, 1.807) is 7.11 Å². The number of anilines is 1. The first kappa shape index (κ1) is 22.7. The number of methoxy groups -OCH3 is 1. The molecule has 2 aromatic rings. The van der Waals surface area contributed by atoms with E-state index in [0.29, 0.717) is 36.8 Å². The van der Waals surface area contributed by atoms with Crippen LogP contribution >= 0.6 is 0 Å². The van der Waals surface area contributed by atoms with E-state index in [1.165, 1.54) is 12.4 Å². The quantitative estimate of drug-likeness (QED) is 0.401. The van der Waals surface area contributed by atoms with Crippen LogP contribution in [0.15, 0.2) is 59.6 Å². The highest BCUT2D eigenvalue weighted by Gasteiger charge is 2.18. The molecule has 0 radical (unpaired) electrons. The largest absolute Gasteiger partial charge is 0.383 e. The minimum Gasteiger partial charge on any atom is -0.383 e. The monoisotopic (exact) mass is 409 g/mol. The molecule has 0 fully saturated rings. The summed E-state index contributed by atoms with van der Waals surface area (Å²) in [5, 5.41) is 2.74. The number of likely N-dealkylation sites (N-methyl/N-ethyl adjacent to an activating group) is 1. The molecule has 1 aromatic carbocycles. The number of carbonyl (C=O) groups excluding carboxylic acids is 1. The van der Waals surface area contributed by atoms with E-state index in [2.05, 4.69) is 33.6 Å². The van der Waals surface area contributed by atoms with Crippen molar-refractivity contribution in [1.29, 1.82) is 0 Å². The van der Waals surface area contributed by atoms with Gasteiger partial charge in [-0.2, -0.15) is 0 Å². The molecular weight excluding hydrogens is 382 g/mol. The number of nitrogens with zero attached hydrogens (tertiary/aromatic N) is 4. The second-order valence-corrected chi connectivity index (χ2v) is 6.43. The van der Waals surface area contributed by atoms with Crippen LogP contribution in [0, 0.1) is 0 Å². The number of rotatable bonds is 10. The summed E-state index contributed by atoms with van der Waals surface area (Å²) in [6.45, 7) is 8.97. The standard InChI is InChI=1S/C21H27N7O2/c1-14(28(3)9-10-30-4)17(12-24-2)27-21(29)19-20(23)25-13-18(26-19)16-7-5-15(11-22)6-8-16/h5-8,12-13H,1-2,9-11,22H2,3-4H3,(H2,23,25)(H,27,29)/b17-12+. The smallest absolute Gasteiger partial charge is 0.278 e. The van der Waals surface area contributed by atoms with Gasteiger partial charge in [0.15, 0.2) is 11.5 Å². The highest BCUT2D eigenvalue weighted by molar-refractivity contribution is 5.98. The van der Waals surface area contributed by atoms with Crippen molar-refractivity contribution in [2.45, 2.75) is 6.54 Å². The van der Waals surface area contributed by atoms with Gasteiger partial charge in [0.2, 0.25) is 0 Å². The lowest BCUT2D eigenvalue weighted by molar-refractivity contribution is 0.0960. The third kappa shape index (κ3) is 5.72. The number of aliphatic imine (C=N–C) groups is 1. The number of aromatic nitrogens is 2. The van der Waals surface area contributed by atoms with Crippen LogP contribution in [-0.4, -0.2) is 54.8 Å². The van der Waals surface area contributed by atoms with Gasteiger partial charge in [0.25, 0.3) is 5.91 Å². The Morgan fingerprint density at radius 3 is 2.67 bits per heavy atom. The number of nitrogen functional groups attached to an aromatic ring is 1. The van der Waals surface area contributed by atoms with Gasteiger partial charge in [0, 0.05) is 32.8 Å². The summed E-state index contributed by atoms with van der Waals surface area (Å²) in [5.41, 5.74) is 14.7. The molecule has 0 aliphatic rings. The zero-order chi connectivity index (χ0) is 22.1. The lowest BCUT2D eigenvalue weighted by atomic mass is 10.1. The van der Waals surface area contributed by atoms with Crippen molar-refractivity contribution in [3.63, 3.8) is 0 Å². The van der Waals surface area contributed by atoms with Gasteiger partial charge in [-0.25, -0.2) is 9.97 Å². The molecule has 2 rings (SSSR count). The van der Waals surface area contributed by atoms with E-state index < -0.39 is 5.91 Å². The van der Waals surface area contributed by atoms with Gasteiger partial charge in [-0.05, 0) is 12.3 Å². The fourth-order valence-corrected chi connectivity index (χ4v) is 2.54. The van der Waals surface area contributed by atoms with Crippen LogP contribution in [0.25, 0.3) is 11.3 Å². The summed E-state index contributed by atoms with van der Waals surface area (Å²) in [6, 6.07) is 7.51. The number of hydrogen-bond donors (Lipinski definition) is 3. The molecule has 158 valence electrons. The van der Waals surface area contributed by atoms with Crippen LogP contribution in [0.4, 0.5) is 5.82 Å². The lowest BCUT2D eigenvalue weighted by Crippen LogP contribution is -2.31. The molecule has 0 unspecified atom stereocenters. The van der Waals surface area contributed by atoms with Crippen molar-refractivity contribution >= 4 is 18.4 Å². The van der Waals surface area contributed by atoms with Gasteiger partial charge in [-0.15, -0.1) is 0 Å². The SMILES string of the molecule is C=N/C=C(/NC(=O)c1nc(-c2ccc(CN)cc2)cnc1N)C(=C)N(C)CCOC. The molecule has 1 aromatic heterocycles. The summed E-state index contributed by atoms with van der Waals surface area (Å²) in [6.07, 6.45) is 2.92. The number of hydrogen-bond acceptors (Lipinski definition) is 8. The second kappa shape index (κ2) is 10.8. The minimum absolute atomic E-state index is 0.00212. The zero-order valence-electron chi connectivity index (χ0n) is 17.3. The molecule has 0 atom stereocenters. The highest BCUT2D eigenvalue weighted by Crippen LogP contribution is 2.20. The molecule has 5 N–H and O–H groups in total. The predicted octanol–water partition coefficient (Wildman–Crippen LogP) is 1.55. The Kier molecular flexibility index (Phi) is 8.21. The van der Waals surface area contributed by atoms with E-state index >= 15 is 0 Å². The van der Waals surface area contributed by atoms with Crippen LogP contribution in [0.2, 0.25) is 0 Å². The third-order valence-corrected chi connectivity index (χ3v) is 4.37. The molecule has 0 saturated heterocycles. The molecular formula is C21H27N7O2. The second-order valence-electron chi connectivity index (χ2n) is 6.43. The Morgan fingerprint density at radius 2 is 2.07 bits per heavy atom. The normalized spacial score (nSPS) is 11.1. The minimum atomic E-state index is -0.531. The number of amides is 1. The summed E-state index contributed by atoms with van der Waals surface area (Å²) in [4.78, 5) is 27.0. The molecule has 9 nitrogen and oxygen atoms in total. The topological polar surface area (TPSA) is 132 Å². The van der Waals surface area contributed by atoms with E-state index in [0.717, 1.165) is 11.1 Å². The molecule has 1 heterocycles. The molecule has 0 aliphatic heterocycles. The first-order valence-electron chi connectivity index (χ1n) is 9.19. The van der Waals surface area contributed by atoms with Crippen LogP contribution in [-0.2, 0) is 11.3 Å². The van der Waals surface area contributed by atoms with Crippen molar-refractivity contribution in [2.24, 2.45) is 10.7 Å². The van der Waals surface area contributed by atoms with Crippen LogP contribution < -0.4 is 16.8 Å². The van der Waals surface area contributed by atoms with Gasteiger partial charge < -0.3 is 26.4 Å². The van der Waals surface area contributed by atoms with Gasteiger partial charge >= 0.3 is 0 Å². The van der Waals surface area contributed by atoms with E-state index in [9.17, 15) is 4.79 Å². The third-order valence-electron chi connectivity index (χ3n) is 4.37. The van der Waals surface area contributed by atoms with Crippen molar-refractivity contribution < 1.29 is 9.53 Å². The van der Waals surface area contributed by atoms with Crippen LogP contribution in [0.1, 0.15) is 16.1 Å². The lowest BCUT2D eigenvalue weighted by Gasteiger charge is -2.23. The van der Waals surface area contributed by atoms with Crippen molar-refractivity contribution in [3.8, 4) is 11.3 Å². The van der Waals surface area contributed by atoms with E-state index in [-0.39, 0.29) is 11.5 Å². The van der Waals surface area contributed by atoms with Crippen molar-refractivity contribution in [1.82, 2.24) is 20.2 Å². The molecule has 0 saturated carbocycles. The Morgan fingerprint density at radius 1 is 1.37 bits per heavy atom. The highest BCUT2D eigenvalue weighted by atomic mass is 16.5. The fraction of sp³-hybridized carbons (Fsp3) is 0.238. The molecule has 1 amide bonds. The number of nitrogens with two attached hydrogens (primary N) is 2. The maximum absolute atomic E-state index is 12.9. The van der Waals surface area contributed by atoms with Crippen molar-refractivity contribution in [2.75, 3.05) is 33.0 Å². The maximum atomic E-state index is 12.9. The Balaban J connectivity index is 2.26. The molecule has 0 bridgehead atoms.